The molecule has 0 aliphatic heterocycles. The Morgan fingerprint density at radius 1 is 1.11 bits per heavy atom. The van der Waals surface area contributed by atoms with Crippen LogP contribution >= 0.6 is 0 Å². The molecule has 0 bridgehead atoms. The Bertz CT molecular complexity index is 1030. The van der Waals surface area contributed by atoms with Crippen LogP contribution in [0.15, 0.2) is 30.3 Å². The van der Waals surface area contributed by atoms with Gasteiger partial charge in [-0.15, -0.1) is 5.10 Å². The molecule has 3 aromatic rings. The molecule has 0 N–H and O–H groups in total. The van der Waals surface area contributed by atoms with Crippen molar-refractivity contribution in [3.63, 3.8) is 0 Å². The van der Waals surface area contributed by atoms with E-state index in [-0.39, 0.29) is 22.9 Å². The Morgan fingerprint density at radius 3 is 2.43 bits per heavy atom. The number of aromatic nitrogens is 4. The van der Waals surface area contributed by atoms with Gasteiger partial charge in [0.05, 0.1) is 0 Å². The molecule has 28 heavy (non-hydrogen) atoms. The first kappa shape index (κ1) is 19.3. The highest BCUT2D eigenvalue weighted by molar-refractivity contribution is 6.01. The van der Waals surface area contributed by atoms with E-state index in [1.54, 1.807) is 19.9 Å². The molecular weight excluding hydrogens is 374 g/mol. The maximum Gasteiger partial charge on any atom is 0.387 e. The summed E-state index contributed by atoms with van der Waals surface area (Å²) in [6.45, 7) is 2.02. The van der Waals surface area contributed by atoms with Gasteiger partial charge in [0.2, 0.25) is 5.78 Å². The minimum Gasteiger partial charge on any atom is -0.448 e. The van der Waals surface area contributed by atoms with Gasteiger partial charge >= 0.3 is 12.6 Å². The molecule has 146 valence electrons. The lowest BCUT2D eigenvalue weighted by molar-refractivity contribution is -0.0498. The Morgan fingerprint density at radius 2 is 1.79 bits per heavy atom. The lowest BCUT2D eigenvalue weighted by Gasteiger charge is -2.11. The van der Waals surface area contributed by atoms with E-state index in [2.05, 4.69) is 19.8 Å². The number of Topliss-reactive ketones (excluding diaryl/α,β-unsaturated/α-hetero) is 1. The van der Waals surface area contributed by atoms with Gasteiger partial charge in [0.15, 0.2) is 6.10 Å². The Kier molecular flexibility index (Phi) is 5.30. The van der Waals surface area contributed by atoms with E-state index in [1.807, 2.05) is 0 Å². The Balaban J connectivity index is 1.71. The number of carbonyl (C=O) groups is 2. The number of hydrogen-bond donors (Lipinski definition) is 0. The average molecular weight is 390 g/mol. The molecule has 0 spiro atoms. The van der Waals surface area contributed by atoms with Gasteiger partial charge in [-0.05, 0) is 51.1 Å². The fourth-order valence-corrected chi connectivity index (χ4v) is 2.55. The number of esters is 1. The molecule has 0 radical (unpaired) electrons. The van der Waals surface area contributed by atoms with Crippen LogP contribution in [0.5, 0.6) is 5.75 Å². The minimum absolute atomic E-state index is 0.0803. The molecular formula is C18H16F2N4O4. The van der Waals surface area contributed by atoms with Gasteiger partial charge < -0.3 is 9.47 Å². The van der Waals surface area contributed by atoms with Crippen LogP contribution in [0.25, 0.3) is 5.78 Å². The second kappa shape index (κ2) is 7.67. The van der Waals surface area contributed by atoms with Crippen molar-refractivity contribution in [3.8, 4) is 5.75 Å². The van der Waals surface area contributed by atoms with Crippen LogP contribution in [0.2, 0.25) is 0 Å². The molecule has 10 heteroatoms. The molecule has 3 rings (SSSR count). The SMILES string of the molecule is Cc1cc(C)n2nc(C(=O)O[C@@H](C)C(=O)c3ccc(OC(F)F)cc3)nc2n1. The van der Waals surface area contributed by atoms with Gasteiger partial charge in [0.1, 0.15) is 5.75 Å². The smallest absolute Gasteiger partial charge is 0.387 e. The van der Waals surface area contributed by atoms with Crippen molar-refractivity contribution in [2.45, 2.75) is 33.5 Å². The molecule has 0 saturated carbocycles. The molecule has 0 saturated heterocycles. The highest BCUT2D eigenvalue weighted by atomic mass is 19.3. The van der Waals surface area contributed by atoms with Crippen LogP contribution in [0.3, 0.4) is 0 Å². The van der Waals surface area contributed by atoms with Gasteiger partial charge in [-0.2, -0.15) is 13.8 Å². The molecule has 8 nitrogen and oxygen atoms in total. The summed E-state index contributed by atoms with van der Waals surface area (Å²) in [5.41, 5.74) is 1.64. The first-order chi connectivity index (χ1) is 13.2. The van der Waals surface area contributed by atoms with Crippen LogP contribution in [-0.4, -0.2) is 44.1 Å². The molecule has 1 atom stereocenters. The van der Waals surface area contributed by atoms with Crippen LogP contribution in [0, 0.1) is 13.8 Å². The van der Waals surface area contributed by atoms with E-state index >= 15 is 0 Å². The van der Waals surface area contributed by atoms with E-state index in [9.17, 15) is 18.4 Å². The number of halogens is 2. The van der Waals surface area contributed by atoms with Gasteiger partial charge in [-0.25, -0.2) is 14.3 Å². The number of alkyl halides is 2. The number of carbonyl (C=O) groups excluding carboxylic acids is 2. The number of benzene rings is 1. The summed E-state index contributed by atoms with van der Waals surface area (Å²) in [5.74, 6) is -1.44. The van der Waals surface area contributed by atoms with Crippen molar-refractivity contribution in [3.05, 3.63) is 53.1 Å². The third-order valence-corrected chi connectivity index (χ3v) is 3.82. The second-order valence-corrected chi connectivity index (χ2v) is 6.00. The van der Waals surface area contributed by atoms with E-state index in [1.165, 1.54) is 35.7 Å². The monoisotopic (exact) mass is 390 g/mol. The van der Waals surface area contributed by atoms with Crippen LogP contribution in [0.4, 0.5) is 8.78 Å². The Labute approximate surface area is 158 Å². The van der Waals surface area contributed by atoms with Crippen LogP contribution in [-0.2, 0) is 4.74 Å². The highest BCUT2D eigenvalue weighted by Crippen LogP contribution is 2.17. The largest absolute Gasteiger partial charge is 0.448 e. The van der Waals surface area contributed by atoms with E-state index < -0.39 is 24.5 Å². The third kappa shape index (κ3) is 4.11. The lowest BCUT2D eigenvalue weighted by Crippen LogP contribution is -2.25. The highest BCUT2D eigenvalue weighted by Gasteiger charge is 2.24. The van der Waals surface area contributed by atoms with Crippen molar-refractivity contribution in [1.82, 2.24) is 19.6 Å². The zero-order valence-electron chi connectivity index (χ0n) is 15.2. The molecule has 0 amide bonds. The van der Waals surface area contributed by atoms with E-state index in [4.69, 9.17) is 4.74 Å². The number of ether oxygens (including phenoxy) is 2. The number of aryl methyl sites for hydroxylation is 2. The third-order valence-electron chi connectivity index (χ3n) is 3.82. The fraction of sp³-hybridized carbons (Fsp3) is 0.278. The summed E-state index contributed by atoms with van der Waals surface area (Å²) < 4.78 is 35.1. The zero-order chi connectivity index (χ0) is 20.4. The molecule has 0 fully saturated rings. The quantitative estimate of drug-likeness (QED) is 0.472. The predicted molar refractivity (Wildman–Crippen MR) is 92.5 cm³/mol. The van der Waals surface area contributed by atoms with Gasteiger partial charge in [0, 0.05) is 17.0 Å². The molecule has 0 aliphatic rings. The second-order valence-electron chi connectivity index (χ2n) is 6.00. The number of nitrogens with zero attached hydrogens (tertiary/aromatic N) is 4. The van der Waals surface area contributed by atoms with Crippen LogP contribution < -0.4 is 4.74 Å². The predicted octanol–water partition coefficient (Wildman–Crippen LogP) is 2.77. The van der Waals surface area contributed by atoms with Crippen molar-refractivity contribution in [2.24, 2.45) is 0 Å². The summed E-state index contributed by atoms with van der Waals surface area (Å²) in [6, 6.07) is 6.86. The standard InChI is InChI=1S/C18H16F2N4O4/c1-9-8-10(2)24-18(21-9)22-15(23-24)16(26)27-11(3)14(25)12-4-6-13(7-5-12)28-17(19)20/h4-8,11,17H,1-3H3/t11-/m0/s1. The molecule has 2 heterocycles. The maximum atomic E-state index is 12.4. The summed E-state index contributed by atoms with van der Waals surface area (Å²) in [5, 5.41) is 4.05. The zero-order valence-corrected chi connectivity index (χ0v) is 15.2. The van der Waals surface area contributed by atoms with E-state index in [0.717, 1.165) is 11.4 Å². The molecule has 2 aromatic heterocycles. The van der Waals surface area contributed by atoms with E-state index in [0.29, 0.717) is 0 Å². The van der Waals surface area contributed by atoms with Gasteiger partial charge in [0.25, 0.3) is 11.6 Å². The van der Waals surface area contributed by atoms with Gasteiger partial charge in [-0.3, -0.25) is 4.79 Å². The number of ketones is 1. The van der Waals surface area contributed by atoms with Crippen LogP contribution in [0.1, 0.15) is 39.3 Å². The fourth-order valence-electron chi connectivity index (χ4n) is 2.55. The number of fused-ring (bicyclic) bond motifs is 1. The van der Waals surface area contributed by atoms with Crippen molar-refractivity contribution in [1.29, 1.82) is 0 Å². The molecule has 0 aliphatic carbocycles. The lowest BCUT2D eigenvalue weighted by atomic mass is 10.1. The molecule has 0 unspecified atom stereocenters. The number of rotatable bonds is 6. The summed E-state index contributed by atoms with van der Waals surface area (Å²) in [7, 11) is 0. The van der Waals surface area contributed by atoms with Crippen molar-refractivity contribution < 1.29 is 27.8 Å². The minimum atomic E-state index is -2.96. The normalized spacial score (nSPS) is 12.2. The number of hydrogen-bond acceptors (Lipinski definition) is 7. The Hall–Kier alpha value is -3.43. The van der Waals surface area contributed by atoms with Crippen molar-refractivity contribution >= 4 is 17.5 Å². The first-order valence-electron chi connectivity index (χ1n) is 8.25. The average Bonchev–Trinajstić information content (AvgIpc) is 3.05. The summed E-state index contributed by atoms with van der Waals surface area (Å²) in [4.78, 5) is 32.9. The summed E-state index contributed by atoms with van der Waals surface area (Å²) >= 11 is 0. The topological polar surface area (TPSA) is 95.7 Å². The summed E-state index contributed by atoms with van der Waals surface area (Å²) in [6.07, 6.45) is -1.13. The molecule has 1 aromatic carbocycles. The van der Waals surface area contributed by atoms with Crippen molar-refractivity contribution in [2.75, 3.05) is 0 Å². The maximum absolute atomic E-state index is 12.4. The van der Waals surface area contributed by atoms with Gasteiger partial charge in [-0.1, -0.05) is 0 Å². The first-order valence-corrected chi connectivity index (χ1v) is 8.25.